The fourth-order valence-corrected chi connectivity index (χ4v) is 2.38. The molecular weight excluding hydrogens is 254 g/mol. The van der Waals surface area contributed by atoms with E-state index in [-0.39, 0.29) is 0 Å². The molecule has 0 atom stereocenters. The maximum absolute atomic E-state index is 6.00. The topological polar surface area (TPSA) is 78.3 Å². The van der Waals surface area contributed by atoms with Crippen molar-refractivity contribution < 1.29 is 4.74 Å². The molecule has 4 rings (SSSR count). The Bertz CT molecular complexity index is 960. The van der Waals surface area contributed by atoms with Crippen molar-refractivity contribution >= 4 is 33.7 Å². The SMILES string of the molecule is COc1ccc2nc(N)c3nc4ccccc4n3c2n1. The van der Waals surface area contributed by atoms with Gasteiger partial charge in [-0.1, -0.05) is 12.1 Å². The highest BCUT2D eigenvalue weighted by molar-refractivity contribution is 5.90. The zero-order valence-corrected chi connectivity index (χ0v) is 10.7. The Kier molecular flexibility index (Phi) is 2.09. The number of nitrogens with two attached hydrogens (primary N) is 1. The number of nitrogens with zero attached hydrogens (tertiary/aromatic N) is 4. The summed E-state index contributed by atoms with van der Waals surface area (Å²) in [6.45, 7) is 0. The molecule has 0 radical (unpaired) electrons. The standard InChI is InChI=1S/C14H11N5O/c1-20-11-7-6-9-13(18-11)19-10-5-3-2-4-8(10)17-14(19)12(15)16-9/h2-7H,1H3,(H2,15,16). The van der Waals surface area contributed by atoms with Gasteiger partial charge in [0.1, 0.15) is 5.52 Å². The summed E-state index contributed by atoms with van der Waals surface area (Å²) in [5.41, 5.74) is 9.81. The lowest BCUT2D eigenvalue weighted by atomic mass is 10.3. The van der Waals surface area contributed by atoms with Crippen LogP contribution < -0.4 is 10.5 Å². The van der Waals surface area contributed by atoms with E-state index in [1.165, 1.54) is 0 Å². The first-order chi connectivity index (χ1) is 9.78. The van der Waals surface area contributed by atoms with E-state index in [2.05, 4.69) is 15.0 Å². The number of hydrogen-bond acceptors (Lipinski definition) is 5. The number of nitrogen functional groups attached to an aromatic ring is 1. The van der Waals surface area contributed by atoms with Gasteiger partial charge >= 0.3 is 0 Å². The molecule has 98 valence electrons. The fraction of sp³-hybridized carbons (Fsp3) is 0.0714. The summed E-state index contributed by atoms with van der Waals surface area (Å²) in [7, 11) is 1.59. The molecule has 6 nitrogen and oxygen atoms in total. The molecule has 4 aromatic rings. The van der Waals surface area contributed by atoms with E-state index in [1.54, 1.807) is 13.2 Å². The Morgan fingerprint density at radius 1 is 0.950 bits per heavy atom. The minimum Gasteiger partial charge on any atom is -0.481 e. The number of hydrogen-bond donors (Lipinski definition) is 1. The molecule has 1 aromatic carbocycles. The summed E-state index contributed by atoms with van der Waals surface area (Å²) in [6, 6.07) is 11.4. The monoisotopic (exact) mass is 265 g/mol. The van der Waals surface area contributed by atoms with Crippen LogP contribution in [0.5, 0.6) is 5.88 Å². The highest BCUT2D eigenvalue weighted by Crippen LogP contribution is 2.25. The highest BCUT2D eigenvalue weighted by atomic mass is 16.5. The lowest BCUT2D eigenvalue weighted by Crippen LogP contribution is -2.01. The van der Waals surface area contributed by atoms with Crippen LogP contribution in [0.25, 0.3) is 27.8 Å². The molecule has 0 unspecified atom stereocenters. The van der Waals surface area contributed by atoms with Gasteiger partial charge in [0.05, 0.1) is 18.1 Å². The van der Waals surface area contributed by atoms with Crippen LogP contribution in [0.2, 0.25) is 0 Å². The third kappa shape index (κ3) is 1.36. The van der Waals surface area contributed by atoms with Crippen LogP contribution >= 0.6 is 0 Å². The highest BCUT2D eigenvalue weighted by Gasteiger charge is 2.13. The van der Waals surface area contributed by atoms with Gasteiger partial charge in [0, 0.05) is 6.07 Å². The van der Waals surface area contributed by atoms with Crippen molar-refractivity contribution in [2.45, 2.75) is 0 Å². The van der Waals surface area contributed by atoms with E-state index in [9.17, 15) is 0 Å². The molecule has 0 aliphatic carbocycles. The van der Waals surface area contributed by atoms with E-state index >= 15 is 0 Å². The Hall–Kier alpha value is -2.89. The average Bonchev–Trinajstić information content (AvgIpc) is 2.87. The van der Waals surface area contributed by atoms with Crippen LogP contribution in [0, 0.1) is 0 Å². The lowest BCUT2D eigenvalue weighted by Gasteiger charge is -2.05. The maximum Gasteiger partial charge on any atom is 0.215 e. The van der Waals surface area contributed by atoms with E-state index < -0.39 is 0 Å². The van der Waals surface area contributed by atoms with Gasteiger partial charge in [-0.3, -0.25) is 4.40 Å². The van der Waals surface area contributed by atoms with Gasteiger partial charge in [0.25, 0.3) is 0 Å². The second-order valence-electron chi connectivity index (χ2n) is 4.45. The number of benzene rings is 1. The Morgan fingerprint density at radius 3 is 2.65 bits per heavy atom. The number of aromatic nitrogens is 4. The summed E-state index contributed by atoms with van der Waals surface area (Å²) < 4.78 is 7.10. The largest absolute Gasteiger partial charge is 0.481 e. The molecule has 3 aromatic heterocycles. The number of ether oxygens (including phenoxy) is 1. The normalized spacial score (nSPS) is 11.4. The summed E-state index contributed by atoms with van der Waals surface area (Å²) in [5.74, 6) is 0.920. The lowest BCUT2D eigenvalue weighted by molar-refractivity contribution is 0.399. The molecule has 3 heterocycles. The Morgan fingerprint density at radius 2 is 1.80 bits per heavy atom. The predicted molar refractivity (Wildman–Crippen MR) is 76.8 cm³/mol. The summed E-state index contributed by atoms with van der Waals surface area (Å²) in [4.78, 5) is 13.3. The molecule has 6 heteroatoms. The van der Waals surface area contributed by atoms with Gasteiger partial charge in [0.15, 0.2) is 17.1 Å². The predicted octanol–water partition coefficient (Wildman–Crippen LogP) is 2.02. The van der Waals surface area contributed by atoms with Gasteiger partial charge in [-0.15, -0.1) is 0 Å². The van der Waals surface area contributed by atoms with Crippen molar-refractivity contribution in [3.8, 4) is 5.88 Å². The molecule has 0 aliphatic heterocycles. The van der Waals surface area contributed by atoms with Gasteiger partial charge in [0.2, 0.25) is 5.88 Å². The van der Waals surface area contributed by atoms with Gasteiger partial charge in [-0.05, 0) is 18.2 Å². The quantitative estimate of drug-likeness (QED) is 0.569. The summed E-state index contributed by atoms with van der Waals surface area (Å²) in [5, 5.41) is 0. The molecule has 0 saturated carbocycles. The molecule has 0 fully saturated rings. The van der Waals surface area contributed by atoms with E-state index in [0.29, 0.717) is 28.5 Å². The van der Waals surface area contributed by atoms with Crippen LogP contribution in [0.1, 0.15) is 0 Å². The second-order valence-corrected chi connectivity index (χ2v) is 4.45. The average molecular weight is 265 g/mol. The molecular formula is C14H11N5O. The smallest absolute Gasteiger partial charge is 0.215 e. The number of pyridine rings is 1. The first kappa shape index (κ1) is 11.0. The van der Waals surface area contributed by atoms with E-state index in [4.69, 9.17) is 10.5 Å². The van der Waals surface area contributed by atoms with Crippen molar-refractivity contribution in [1.82, 2.24) is 19.4 Å². The van der Waals surface area contributed by atoms with Crippen molar-refractivity contribution in [3.63, 3.8) is 0 Å². The summed E-state index contributed by atoms with van der Waals surface area (Å²) in [6.07, 6.45) is 0. The zero-order valence-electron chi connectivity index (χ0n) is 10.7. The fourth-order valence-electron chi connectivity index (χ4n) is 2.38. The van der Waals surface area contributed by atoms with Crippen LogP contribution in [-0.2, 0) is 0 Å². The number of anilines is 1. The third-order valence-corrected chi connectivity index (χ3v) is 3.28. The molecule has 0 saturated heterocycles. The van der Waals surface area contributed by atoms with Crippen molar-refractivity contribution in [2.24, 2.45) is 0 Å². The van der Waals surface area contributed by atoms with Gasteiger partial charge in [-0.25, -0.2) is 9.97 Å². The Balaban J connectivity index is 2.31. The minimum atomic E-state index is 0.390. The summed E-state index contributed by atoms with van der Waals surface area (Å²) >= 11 is 0. The number of para-hydroxylation sites is 2. The first-order valence-corrected chi connectivity index (χ1v) is 6.15. The Labute approximate surface area is 113 Å². The number of imidazole rings is 1. The molecule has 20 heavy (non-hydrogen) atoms. The third-order valence-electron chi connectivity index (χ3n) is 3.28. The number of rotatable bonds is 1. The van der Waals surface area contributed by atoms with E-state index in [1.807, 2.05) is 34.7 Å². The first-order valence-electron chi connectivity index (χ1n) is 6.15. The zero-order chi connectivity index (χ0) is 13.7. The second kappa shape index (κ2) is 3.80. The van der Waals surface area contributed by atoms with Crippen molar-refractivity contribution in [2.75, 3.05) is 12.8 Å². The van der Waals surface area contributed by atoms with Crippen LogP contribution in [0.3, 0.4) is 0 Å². The van der Waals surface area contributed by atoms with Gasteiger partial charge in [-0.2, -0.15) is 4.98 Å². The molecule has 2 N–H and O–H groups in total. The molecule has 0 bridgehead atoms. The minimum absolute atomic E-state index is 0.390. The molecule has 0 spiro atoms. The maximum atomic E-state index is 6.00. The van der Waals surface area contributed by atoms with Crippen LogP contribution in [0.4, 0.5) is 5.82 Å². The number of methoxy groups -OCH3 is 1. The molecule has 0 aliphatic rings. The van der Waals surface area contributed by atoms with Crippen LogP contribution in [0.15, 0.2) is 36.4 Å². The van der Waals surface area contributed by atoms with E-state index in [0.717, 1.165) is 11.0 Å². The van der Waals surface area contributed by atoms with Gasteiger partial charge < -0.3 is 10.5 Å². The number of fused-ring (bicyclic) bond motifs is 5. The van der Waals surface area contributed by atoms with Crippen LogP contribution in [-0.4, -0.2) is 26.5 Å². The van der Waals surface area contributed by atoms with Crippen molar-refractivity contribution in [3.05, 3.63) is 36.4 Å². The molecule has 0 amide bonds. The van der Waals surface area contributed by atoms with Crippen molar-refractivity contribution in [1.29, 1.82) is 0 Å².